The lowest BCUT2D eigenvalue weighted by Crippen LogP contribution is -2.53. The van der Waals surface area contributed by atoms with Crippen LogP contribution >= 0.6 is 24.0 Å². The Morgan fingerprint density at radius 1 is 1.30 bits per heavy atom. The second kappa shape index (κ2) is 6.30. The van der Waals surface area contributed by atoms with Crippen molar-refractivity contribution in [2.75, 3.05) is 0 Å². The van der Waals surface area contributed by atoms with E-state index in [0.29, 0.717) is 5.02 Å². The van der Waals surface area contributed by atoms with Crippen LogP contribution in [0, 0.1) is 0 Å². The SMILES string of the molecule is CC1(C)N=C(N)N=C(N)N1OCc1ccccc1Cl.Cl. The van der Waals surface area contributed by atoms with Crippen molar-refractivity contribution in [1.82, 2.24) is 5.06 Å². The molecule has 6 nitrogen and oxygen atoms in total. The number of nitrogens with two attached hydrogens (primary N) is 2. The van der Waals surface area contributed by atoms with Crippen molar-refractivity contribution >= 4 is 35.9 Å². The molecule has 0 unspecified atom stereocenters. The third kappa shape index (κ3) is 3.53. The second-order valence-electron chi connectivity index (χ2n) is 4.59. The number of hydrogen-bond acceptors (Lipinski definition) is 6. The maximum absolute atomic E-state index is 6.07. The number of rotatable bonds is 3. The van der Waals surface area contributed by atoms with Crippen LogP contribution in [0.15, 0.2) is 34.3 Å². The van der Waals surface area contributed by atoms with Crippen LogP contribution < -0.4 is 11.5 Å². The van der Waals surface area contributed by atoms with E-state index in [1.165, 1.54) is 5.06 Å². The van der Waals surface area contributed by atoms with Crippen molar-refractivity contribution in [2.24, 2.45) is 21.5 Å². The summed E-state index contributed by atoms with van der Waals surface area (Å²) < 4.78 is 0. The number of aliphatic imine (C=N–C) groups is 2. The lowest BCUT2D eigenvalue weighted by atomic mass is 10.2. The van der Waals surface area contributed by atoms with E-state index < -0.39 is 5.66 Å². The first-order valence-electron chi connectivity index (χ1n) is 5.76. The minimum absolute atomic E-state index is 0. The summed E-state index contributed by atoms with van der Waals surface area (Å²) in [7, 11) is 0. The molecule has 1 aliphatic heterocycles. The summed E-state index contributed by atoms with van der Waals surface area (Å²) in [6.07, 6.45) is 0. The van der Waals surface area contributed by atoms with E-state index in [1.807, 2.05) is 32.0 Å². The van der Waals surface area contributed by atoms with Crippen molar-refractivity contribution in [3.63, 3.8) is 0 Å². The molecule has 0 aromatic heterocycles. The van der Waals surface area contributed by atoms with E-state index in [-0.39, 0.29) is 30.9 Å². The van der Waals surface area contributed by atoms with Crippen LogP contribution in [0.2, 0.25) is 5.02 Å². The number of nitrogens with zero attached hydrogens (tertiary/aromatic N) is 3. The van der Waals surface area contributed by atoms with Crippen LogP contribution in [0.5, 0.6) is 0 Å². The highest BCUT2D eigenvalue weighted by atomic mass is 35.5. The Hall–Kier alpha value is -1.50. The van der Waals surface area contributed by atoms with Gasteiger partial charge in [0, 0.05) is 5.02 Å². The number of benzene rings is 1. The van der Waals surface area contributed by atoms with Crippen LogP contribution in [0.25, 0.3) is 0 Å². The standard InChI is InChI=1S/C12H16ClN5O.ClH/c1-12(2)17-10(14)16-11(15)18(12)19-7-8-5-3-4-6-9(8)13;/h3-6H,7H2,1-2H3,(H4,14,15,16,17);1H. The van der Waals surface area contributed by atoms with Gasteiger partial charge in [0.1, 0.15) is 6.61 Å². The van der Waals surface area contributed by atoms with Crippen LogP contribution in [-0.4, -0.2) is 22.6 Å². The van der Waals surface area contributed by atoms with Crippen molar-refractivity contribution in [1.29, 1.82) is 0 Å². The van der Waals surface area contributed by atoms with Gasteiger partial charge in [-0.25, -0.2) is 4.99 Å². The molecule has 1 heterocycles. The molecule has 0 fully saturated rings. The predicted molar refractivity (Wildman–Crippen MR) is 82.7 cm³/mol. The average molecular weight is 318 g/mol. The van der Waals surface area contributed by atoms with Gasteiger partial charge in [-0.1, -0.05) is 29.8 Å². The molecule has 0 atom stereocenters. The third-order valence-corrected chi connectivity index (χ3v) is 3.00. The minimum Gasteiger partial charge on any atom is -0.368 e. The summed E-state index contributed by atoms with van der Waals surface area (Å²) in [5.41, 5.74) is 11.5. The molecular weight excluding hydrogens is 301 g/mol. The highest BCUT2D eigenvalue weighted by Gasteiger charge is 2.33. The molecule has 1 aromatic carbocycles. The summed E-state index contributed by atoms with van der Waals surface area (Å²) in [6.45, 7) is 3.93. The highest BCUT2D eigenvalue weighted by Crippen LogP contribution is 2.22. The smallest absolute Gasteiger partial charge is 0.226 e. The fourth-order valence-corrected chi connectivity index (χ4v) is 1.96. The van der Waals surface area contributed by atoms with Crippen molar-refractivity contribution in [2.45, 2.75) is 26.1 Å². The largest absolute Gasteiger partial charge is 0.368 e. The first-order chi connectivity index (χ1) is 8.90. The van der Waals surface area contributed by atoms with E-state index in [2.05, 4.69) is 9.98 Å². The molecule has 0 amide bonds. The van der Waals surface area contributed by atoms with Gasteiger partial charge in [0.2, 0.25) is 11.9 Å². The summed E-state index contributed by atoms with van der Waals surface area (Å²) >= 11 is 6.07. The molecule has 1 aromatic rings. The molecule has 0 radical (unpaired) electrons. The summed E-state index contributed by atoms with van der Waals surface area (Å²) in [4.78, 5) is 13.7. The maximum Gasteiger partial charge on any atom is 0.226 e. The number of hydrogen-bond donors (Lipinski definition) is 2. The van der Waals surface area contributed by atoms with E-state index >= 15 is 0 Å². The third-order valence-electron chi connectivity index (χ3n) is 2.63. The van der Waals surface area contributed by atoms with E-state index in [0.717, 1.165) is 5.56 Å². The first-order valence-corrected chi connectivity index (χ1v) is 6.14. The fraction of sp³-hybridized carbons (Fsp3) is 0.333. The van der Waals surface area contributed by atoms with E-state index in [1.54, 1.807) is 6.07 Å². The topological polar surface area (TPSA) is 89.2 Å². The van der Waals surface area contributed by atoms with Crippen LogP contribution in [-0.2, 0) is 11.4 Å². The van der Waals surface area contributed by atoms with Crippen molar-refractivity contribution in [3.8, 4) is 0 Å². The molecule has 20 heavy (non-hydrogen) atoms. The molecule has 0 bridgehead atoms. The van der Waals surface area contributed by atoms with E-state index in [9.17, 15) is 0 Å². The Bertz CT molecular complexity index is 544. The van der Waals surface area contributed by atoms with Crippen molar-refractivity contribution in [3.05, 3.63) is 34.9 Å². The van der Waals surface area contributed by atoms with Gasteiger partial charge in [-0.05, 0) is 25.5 Å². The molecule has 1 aliphatic rings. The Kier molecular flexibility index (Phi) is 5.21. The minimum atomic E-state index is -0.711. The zero-order valence-corrected chi connectivity index (χ0v) is 12.8. The van der Waals surface area contributed by atoms with Gasteiger partial charge in [-0.15, -0.1) is 12.4 Å². The molecule has 4 N–H and O–H groups in total. The normalized spacial score (nSPS) is 17.1. The van der Waals surface area contributed by atoms with Gasteiger partial charge in [-0.3, -0.25) is 4.84 Å². The Morgan fingerprint density at radius 2 is 1.95 bits per heavy atom. The summed E-state index contributed by atoms with van der Waals surface area (Å²) in [5.74, 6) is 0.310. The first kappa shape index (κ1) is 16.6. The Morgan fingerprint density at radius 3 is 2.55 bits per heavy atom. The quantitative estimate of drug-likeness (QED) is 0.890. The highest BCUT2D eigenvalue weighted by molar-refractivity contribution is 6.31. The number of hydroxylamine groups is 2. The van der Waals surface area contributed by atoms with Gasteiger partial charge < -0.3 is 11.5 Å². The summed E-state index contributed by atoms with van der Waals surface area (Å²) in [6, 6.07) is 7.43. The van der Waals surface area contributed by atoms with Crippen LogP contribution in [0.4, 0.5) is 0 Å². The number of halogens is 2. The van der Waals surface area contributed by atoms with Crippen LogP contribution in [0.3, 0.4) is 0 Å². The van der Waals surface area contributed by atoms with Crippen LogP contribution in [0.1, 0.15) is 19.4 Å². The zero-order chi connectivity index (χ0) is 14.0. The molecule has 0 saturated heterocycles. The molecule has 0 spiro atoms. The van der Waals surface area contributed by atoms with Gasteiger partial charge in [0.15, 0.2) is 5.66 Å². The van der Waals surface area contributed by atoms with E-state index in [4.69, 9.17) is 27.9 Å². The lowest BCUT2D eigenvalue weighted by molar-refractivity contribution is -0.166. The molecule has 8 heteroatoms. The van der Waals surface area contributed by atoms with Crippen molar-refractivity contribution < 1.29 is 4.84 Å². The predicted octanol–water partition coefficient (Wildman–Crippen LogP) is 1.87. The molecule has 0 saturated carbocycles. The fourth-order valence-electron chi connectivity index (χ4n) is 1.77. The second-order valence-corrected chi connectivity index (χ2v) is 5.00. The molecule has 110 valence electrons. The zero-order valence-electron chi connectivity index (χ0n) is 11.2. The maximum atomic E-state index is 6.07. The monoisotopic (exact) mass is 317 g/mol. The summed E-state index contributed by atoms with van der Waals surface area (Å²) in [5, 5.41) is 2.06. The van der Waals surface area contributed by atoms with Gasteiger partial charge in [0.05, 0.1) is 0 Å². The average Bonchev–Trinajstić information content (AvgIpc) is 2.28. The molecular formula is C12H17Cl2N5O. The van der Waals surface area contributed by atoms with Gasteiger partial charge in [0.25, 0.3) is 0 Å². The Balaban J connectivity index is 0.00000200. The van der Waals surface area contributed by atoms with Gasteiger partial charge in [-0.2, -0.15) is 10.1 Å². The molecule has 0 aliphatic carbocycles. The van der Waals surface area contributed by atoms with Gasteiger partial charge >= 0.3 is 0 Å². The number of guanidine groups is 2. The molecule has 2 rings (SSSR count). The lowest BCUT2D eigenvalue weighted by Gasteiger charge is -2.36. The Labute approximate surface area is 128 Å².